The van der Waals surface area contributed by atoms with Crippen LogP contribution in [0.5, 0.6) is 0 Å². The second kappa shape index (κ2) is 5.17. The fraction of sp³-hybridized carbons (Fsp3) is 0.571. The molecule has 0 amide bonds. The van der Waals surface area contributed by atoms with E-state index >= 15 is 0 Å². The molecule has 2 atom stereocenters. The van der Waals surface area contributed by atoms with Crippen LogP contribution in [0.4, 0.5) is 0 Å². The Balaban J connectivity index is 1.79. The molecule has 0 aromatic heterocycles. The van der Waals surface area contributed by atoms with E-state index in [2.05, 4.69) is 17.0 Å². The summed E-state index contributed by atoms with van der Waals surface area (Å²) in [4.78, 5) is 2.51. The fourth-order valence-corrected chi connectivity index (χ4v) is 3.31. The maximum absolute atomic E-state index is 6.05. The number of benzene rings is 1. The minimum atomic E-state index is 0.190. The zero-order valence-corrected chi connectivity index (χ0v) is 11.2. The third kappa shape index (κ3) is 2.28. The highest BCUT2D eigenvalue weighted by atomic mass is 35.5. The zero-order chi connectivity index (χ0) is 12.5. The molecule has 1 aromatic rings. The molecule has 0 saturated carbocycles. The van der Waals surface area contributed by atoms with Crippen molar-refractivity contribution in [3.63, 3.8) is 0 Å². The minimum absolute atomic E-state index is 0.190. The van der Waals surface area contributed by atoms with Crippen LogP contribution >= 0.6 is 11.6 Å². The van der Waals surface area contributed by atoms with Gasteiger partial charge in [-0.2, -0.15) is 0 Å². The van der Waals surface area contributed by atoms with E-state index in [9.17, 15) is 0 Å². The molecular formula is C14H19ClN2O. The van der Waals surface area contributed by atoms with Gasteiger partial charge in [0.25, 0.3) is 0 Å². The van der Waals surface area contributed by atoms with Crippen LogP contribution < -0.4 is 5.73 Å². The zero-order valence-electron chi connectivity index (χ0n) is 10.4. The number of nitrogens with two attached hydrogens (primary N) is 1. The molecule has 98 valence electrons. The molecule has 3 rings (SSSR count). The summed E-state index contributed by atoms with van der Waals surface area (Å²) in [7, 11) is 0. The Morgan fingerprint density at radius 3 is 3.17 bits per heavy atom. The van der Waals surface area contributed by atoms with Crippen molar-refractivity contribution in [3.8, 4) is 0 Å². The lowest BCUT2D eigenvalue weighted by Crippen LogP contribution is -2.46. The molecule has 0 radical (unpaired) electrons. The summed E-state index contributed by atoms with van der Waals surface area (Å²) in [6.07, 6.45) is 2.51. The average molecular weight is 267 g/mol. The second-order valence-corrected chi connectivity index (χ2v) is 5.56. The smallest absolute Gasteiger partial charge is 0.0824 e. The summed E-state index contributed by atoms with van der Waals surface area (Å²) in [6, 6.07) is 6.81. The molecular weight excluding hydrogens is 248 g/mol. The molecule has 2 N–H and O–H groups in total. The molecule has 0 spiro atoms. The lowest BCUT2D eigenvalue weighted by Gasteiger charge is -2.36. The fourth-order valence-electron chi connectivity index (χ4n) is 3.11. The van der Waals surface area contributed by atoms with Gasteiger partial charge in [0, 0.05) is 30.7 Å². The molecule has 1 aliphatic carbocycles. The molecule has 2 unspecified atom stereocenters. The summed E-state index contributed by atoms with van der Waals surface area (Å²) in [6.45, 7) is 3.35. The maximum Gasteiger partial charge on any atom is 0.0824 e. The minimum Gasteiger partial charge on any atom is -0.374 e. The van der Waals surface area contributed by atoms with E-state index in [0.717, 1.165) is 31.1 Å². The van der Waals surface area contributed by atoms with Gasteiger partial charge in [0.1, 0.15) is 0 Å². The predicted octanol–water partition coefficient (Wildman–Crippen LogP) is 1.99. The topological polar surface area (TPSA) is 38.5 Å². The number of rotatable bonds is 2. The summed E-state index contributed by atoms with van der Waals surface area (Å²) in [5.41, 5.74) is 8.56. The Labute approximate surface area is 113 Å². The van der Waals surface area contributed by atoms with Crippen molar-refractivity contribution in [2.24, 2.45) is 5.73 Å². The van der Waals surface area contributed by atoms with Crippen molar-refractivity contribution >= 4 is 11.6 Å². The number of fused-ring (bicyclic) bond motifs is 1. The summed E-state index contributed by atoms with van der Waals surface area (Å²) in [5.74, 6) is 0. The predicted molar refractivity (Wildman–Crippen MR) is 72.9 cm³/mol. The van der Waals surface area contributed by atoms with Crippen LogP contribution in [0.2, 0.25) is 5.02 Å². The van der Waals surface area contributed by atoms with Crippen LogP contribution in [0.1, 0.15) is 23.6 Å². The third-order valence-corrected chi connectivity index (χ3v) is 4.26. The van der Waals surface area contributed by atoms with Gasteiger partial charge in [-0.25, -0.2) is 0 Å². The Kier molecular flexibility index (Phi) is 3.57. The summed E-state index contributed by atoms with van der Waals surface area (Å²) in [5, 5.41) is 0.844. The van der Waals surface area contributed by atoms with E-state index < -0.39 is 0 Å². The molecule has 4 heteroatoms. The van der Waals surface area contributed by atoms with Crippen LogP contribution in [0.15, 0.2) is 18.2 Å². The Morgan fingerprint density at radius 1 is 1.44 bits per heavy atom. The second-order valence-electron chi connectivity index (χ2n) is 5.12. The number of nitrogens with zero attached hydrogens (tertiary/aromatic N) is 1. The monoisotopic (exact) mass is 266 g/mol. The number of halogens is 1. The van der Waals surface area contributed by atoms with Crippen molar-refractivity contribution in [2.75, 3.05) is 26.2 Å². The quantitative estimate of drug-likeness (QED) is 0.890. The van der Waals surface area contributed by atoms with Crippen LogP contribution in [-0.2, 0) is 11.2 Å². The van der Waals surface area contributed by atoms with Crippen molar-refractivity contribution in [3.05, 3.63) is 34.3 Å². The number of aryl methyl sites for hydroxylation is 1. The molecule has 1 heterocycles. The van der Waals surface area contributed by atoms with Gasteiger partial charge in [-0.3, -0.25) is 4.90 Å². The van der Waals surface area contributed by atoms with Crippen molar-refractivity contribution in [2.45, 2.75) is 25.0 Å². The molecule has 3 nitrogen and oxygen atoms in total. The van der Waals surface area contributed by atoms with Gasteiger partial charge in [-0.15, -0.1) is 0 Å². The van der Waals surface area contributed by atoms with Crippen LogP contribution in [0.3, 0.4) is 0 Å². The molecule has 1 aliphatic heterocycles. The number of hydrogen-bond acceptors (Lipinski definition) is 3. The van der Waals surface area contributed by atoms with Gasteiger partial charge in [0.05, 0.1) is 12.7 Å². The molecule has 18 heavy (non-hydrogen) atoms. The lowest BCUT2D eigenvalue weighted by atomic mass is 10.1. The largest absolute Gasteiger partial charge is 0.374 e. The van der Waals surface area contributed by atoms with Gasteiger partial charge in [-0.1, -0.05) is 17.7 Å². The number of hydrogen-bond donors (Lipinski definition) is 1. The summed E-state index contributed by atoms with van der Waals surface area (Å²) < 4.78 is 5.64. The van der Waals surface area contributed by atoms with Crippen LogP contribution in [0.25, 0.3) is 0 Å². The highest BCUT2D eigenvalue weighted by Crippen LogP contribution is 2.37. The van der Waals surface area contributed by atoms with Crippen LogP contribution in [0, 0.1) is 0 Å². The van der Waals surface area contributed by atoms with Crippen LogP contribution in [-0.4, -0.2) is 37.2 Å². The molecule has 1 fully saturated rings. The van der Waals surface area contributed by atoms with Gasteiger partial charge < -0.3 is 10.5 Å². The summed E-state index contributed by atoms with van der Waals surface area (Å²) >= 11 is 6.05. The first kappa shape index (κ1) is 12.4. The SMILES string of the molecule is NCC1CN(C2CCc3cc(Cl)ccc32)CCO1. The first-order chi connectivity index (χ1) is 8.78. The van der Waals surface area contributed by atoms with Gasteiger partial charge in [0.2, 0.25) is 0 Å². The van der Waals surface area contributed by atoms with Crippen molar-refractivity contribution in [1.29, 1.82) is 0 Å². The van der Waals surface area contributed by atoms with Crippen molar-refractivity contribution in [1.82, 2.24) is 4.90 Å². The first-order valence-corrected chi connectivity index (χ1v) is 7.00. The van der Waals surface area contributed by atoms with E-state index in [1.807, 2.05) is 6.07 Å². The highest BCUT2D eigenvalue weighted by molar-refractivity contribution is 6.30. The standard InChI is InChI=1S/C14H19ClN2O/c15-11-2-3-13-10(7-11)1-4-14(13)17-5-6-18-12(8-16)9-17/h2-3,7,12,14H,1,4-6,8-9,16H2. The van der Waals surface area contributed by atoms with Gasteiger partial charge >= 0.3 is 0 Å². The number of morpholine rings is 1. The number of ether oxygens (including phenoxy) is 1. The van der Waals surface area contributed by atoms with E-state index in [1.54, 1.807) is 0 Å². The van der Waals surface area contributed by atoms with E-state index in [0.29, 0.717) is 12.6 Å². The molecule has 0 bridgehead atoms. The Bertz CT molecular complexity index is 438. The van der Waals surface area contributed by atoms with Gasteiger partial charge in [-0.05, 0) is 36.1 Å². The Morgan fingerprint density at radius 2 is 2.33 bits per heavy atom. The first-order valence-electron chi connectivity index (χ1n) is 6.62. The molecule has 2 aliphatic rings. The van der Waals surface area contributed by atoms with Gasteiger partial charge in [0.15, 0.2) is 0 Å². The third-order valence-electron chi connectivity index (χ3n) is 4.02. The molecule has 1 saturated heterocycles. The van der Waals surface area contributed by atoms with Crippen molar-refractivity contribution < 1.29 is 4.74 Å². The Hall–Kier alpha value is -0.610. The lowest BCUT2D eigenvalue weighted by molar-refractivity contribution is -0.0387. The van der Waals surface area contributed by atoms with E-state index in [1.165, 1.54) is 17.5 Å². The highest BCUT2D eigenvalue weighted by Gasteiger charge is 2.31. The normalized spacial score (nSPS) is 28.3. The molecule has 1 aromatic carbocycles. The maximum atomic E-state index is 6.05. The average Bonchev–Trinajstić information content (AvgIpc) is 2.81. The van der Waals surface area contributed by atoms with E-state index in [-0.39, 0.29) is 6.10 Å². The van der Waals surface area contributed by atoms with E-state index in [4.69, 9.17) is 22.1 Å².